The van der Waals surface area contributed by atoms with Crippen LogP contribution in [0, 0.1) is 0 Å². The van der Waals surface area contributed by atoms with Gasteiger partial charge in [-0.25, -0.2) is 8.42 Å². The van der Waals surface area contributed by atoms with Gasteiger partial charge in [0.05, 0.1) is 10.6 Å². The summed E-state index contributed by atoms with van der Waals surface area (Å²) in [5, 5.41) is 0. The van der Waals surface area contributed by atoms with E-state index in [9.17, 15) is 13.2 Å². The number of anilines is 1. The molecule has 0 bridgehead atoms. The summed E-state index contributed by atoms with van der Waals surface area (Å²) in [6, 6.07) is 15.6. The maximum absolute atomic E-state index is 13.2. The summed E-state index contributed by atoms with van der Waals surface area (Å²) in [5.74, 6) is -0.0954. The molecule has 144 valence electrons. The third kappa shape index (κ3) is 4.00. The van der Waals surface area contributed by atoms with Crippen molar-refractivity contribution in [3.05, 3.63) is 60.2 Å². The molecule has 3 rings (SSSR count). The molecular weight excluding hydrogens is 360 g/mol. The SMILES string of the molecule is CCN(c1ccccc1)S(=O)(=O)c1cccc(C(=O)N2CCCCC2C)c1. The van der Waals surface area contributed by atoms with Gasteiger partial charge in [0.1, 0.15) is 0 Å². The number of hydrogen-bond acceptors (Lipinski definition) is 3. The van der Waals surface area contributed by atoms with Crippen molar-refractivity contribution in [3.8, 4) is 0 Å². The standard InChI is InChI=1S/C21H26N2O3S/c1-3-23(19-12-5-4-6-13-19)27(25,26)20-14-9-11-18(16-20)21(24)22-15-8-7-10-17(22)2/h4-6,9,11-14,16-17H,3,7-8,10,15H2,1-2H3. The highest BCUT2D eigenvalue weighted by Gasteiger charge is 2.27. The molecule has 5 nitrogen and oxygen atoms in total. The van der Waals surface area contributed by atoms with Crippen LogP contribution in [0.5, 0.6) is 0 Å². The lowest BCUT2D eigenvalue weighted by atomic mass is 10.0. The minimum Gasteiger partial charge on any atom is -0.336 e. The van der Waals surface area contributed by atoms with Crippen molar-refractivity contribution in [2.24, 2.45) is 0 Å². The molecular formula is C21H26N2O3S. The van der Waals surface area contributed by atoms with Gasteiger partial charge in [-0.1, -0.05) is 24.3 Å². The third-order valence-electron chi connectivity index (χ3n) is 5.06. The molecule has 2 aromatic rings. The van der Waals surface area contributed by atoms with Crippen molar-refractivity contribution < 1.29 is 13.2 Å². The van der Waals surface area contributed by atoms with Gasteiger partial charge < -0.3 is 4.90 Å². The smallest absolute Gasteiger partial charge is 0.264 e. The number of nitrogens with zero attached hydrogens (tertiary/aromatic N) is 2. The first-order valence-electron chi connectivity index (χ1n) is 9.44. The van der Waals surface area contributed by atoms with Crippen LogP contribution in [-0.4, -0.2) is 38.4 Å². The second kappa shape index (κ2) is 8.13. The van der Waals surface area contributed by atoms with Gasteiger partial charge in [0.25, 0.3) is 15.9 Å². The Balaban J connectivity index is 1.93. The summed E-state index contributed by atoms with van der Waals surface area (Å²) in [6.45, 7) is 4.89. The number of benzene rings is 2. The van der Waals surface area contributed by atoms with Crippen LogP contribution in [-0.2, 0) is 10.0 Å². The average Bonchev–Trinajstić information content (AvgIpc) is 2.69. The van der Waals surface area contributed by atoms with Crippen LogP contribution in [0.3, 0.4) is 0 Å². The van der Waals surface area contributed by atoms with Crippen molar-refractivity contribution in [1.82, 2.24) is 4.90 Å². The average molecular weight is 387 g/mol. The lowest BCUT2D eigenvalue weighted by Crippen LogP contribution is -2.42. The predicted molar refractivity (Wildman–Crippen MR) is 107 cm³/mol. The van der Waals surface area contributed by atoms with E-state index in [4.69, 9.17) is 0 Å². The summed E-state index contributed by atoms with van der Waals surface area (Å²) >= 11 is 0. The van der Waals surface area contributed by atoms with Crippen LogP contribution in [0.1, 0.15) is 43.5 Å². The Kier molecular flexibility index (Phi) is 5.85. The van der Waals surface area contributed by atoms with Gasteiger partial charge >= 0.3 is 0 Å². The van der Waals surface area contributed by atoms with E-state index in [0.29, 0.717) is 17.8 Å². The number of para-hydroxylation sites is 1. The third-order valence-corrected chi connectivity index (χ3v) is 6.96. The molecule has 1 aliphatic rings. The molecule has 0 N–H and O–H groups in total. The number of likely N-dealkylation sites (tertiary alicyclic amines) is 1. The molecule has 2 aromatic carbocycles. The zero-order chi connectivity index (χ0) is 19.4. The highest BCUT2D eigenvalue weighted by molar-refractivity contribution is 7.92. The van der Waals surface area contributed by atoms with Crippen molar-refractivity contribution >= 4 is 21.6 Å². The number of carbonyl (C=O) groups excluding carboxylic acids is 1. The van der Waals surface area contributed by atoms with Crippen molar-refractivity contribution in [2.45, 2.75) is 44.0 Å². The van der Waals surface area contributed by atoms with Crippen LogP contribution in [0.4, 0.5) is 5.69 Å². The van der Waals surface area contributed by atoms with E-state index in [0.717, 1.165) is 25.8 Å². The molecule has 1 fully saturated rings. The Bertz CT molecular complexity index is 897. The summed E-state index contributed by atoms with van der Waals surface area (Å²) in [7, 11) is -3.74. The fraction of sp³-hybridized carbons (Fsp3) is 0.381. The molecule has 27 heavy (non-hydrogen) atoms. The fourth-order valence-corrected chi connectivity index (χ4v) is 5.09. The molecule has 0 radical (unpaired) electrons. The first-order valence-corrected chi connectivity index (χ1v) is 10.9. The Labute approximate surface area is 161 Å². The molecule has 1 heterocycles. The van der Waals surface area contributed by atoms with Crippen molar-refractivity contribution in [2.75, 3.05) is 17.4 Å². The second-order valence-electron chi connectivity index (χ2n) is 6.88. The Morgan fingerprint density at radius 2 is 1.85 bits per heavy atom. The van der Waals surface area contributed by atoms with E-state index >= 15 is 0 Å². The summed E-state index contributed by atoms with van der Waals surface area (Å²) in [5.41, 5.74) is 1.04. The Morgan fingerprint density at radius 1 is 1.11 bits per heavy atom. The molecule has 6 heteroatoms. The Morgan fingerprint density at radius 3 is 2.52 bits per heavy atom. The van der Waals surface area contributed by atoms with Crippen LogP contribution < -0.4 is 4.31 Å². The molecule has 1 atom stereocenters. The largest absolute Gasteiger partial charge is 0.336 e. The number of carbonyl (C=O) groups is 1. The van der Waals surface area contributed by atoms with Crippen molar-refractivity contribution in [3.63, 3.8) is 0 Å². The van der Waals surface area contributed by atoms with E-state index in [1.165, 1.54) is 10.4 Å². The molecule has 0 aromatic heterocycles. The maximum Gasteiger partial charge on any atom is 0.264 e. The second-order valence-corrected chi connectivity index (χ2v) is 8.74. The molecule has 1 saturated heterocycles. The topological polar surface area (TPSA) is 57.7 Å². The van der Waals surface area contributed by atoms with Gasteiger partial charge in [-0.3, -0.25) is 9.10 Å². The maximum atomic E-state index is 13.2. The van der Waals surface area contributed by atoms with Crippen LogP contribution in [0.2, 0.25) is 0 Å². The van der Waals surface area contributed by atoms with E-state index in [2.05, 4.69) is 0 Å². The van der Waals surface area contributed by atoms with Crippen LogP contribution in [0.15, 0.2) is 59.5 Å². The van der Waals surface area contributed by atoms with Gasteiger partial charge in [0.2, 0.25) is 0 Å². The van der Waals surface area contributed by atoms with Gasteiger partial charge in [-0.2, -0.15) is 0 Å². The molecule has 1 aliphatic heterocycles. The minimum atomic E-state index is -3.74. The highest BCUT2D eigenvalue weighted by atomic mass is 32.2. The first kappa shape index (κ1) is 19.4. The number of sulfonamides is 1. The van der Waals surface area contributed by atoms with E-state index < -0.39 is 10.0 Å². The summed E-state index contributed by atoms with van der Waals surface area (Å²) < 4.78 is 27.7. The normalized spacial score (nSPS) is 17.6. The lowest BCUT2D eigenvalue weighted by molar-refractivity contribution is 0.0635. The number of rotatable bonds is 5. The number of piperidine rings is 1. The van der Waals surface area contributed by atoms with E-state index in [1.54, 1.807) is 37.3 Å². The molecule has 0 spiro atoms. The molecule has 1 amide bonds. The molecule has 0 saturated carbocycles. The lowest BCUT2D eigenvalue weighted by Gasteiger charge is -2.33. The monoisotopic (exact) mass is 386 g/mol. The first-order chi connectivity index (χ1) is 12.9. The Hall–Kier alpha value is -2.34. The van der Waals surface area contributed by atoms with Crippen LogP contribution >= 0.6 is 0 Å². The summed E-state index contributed by atoms with van der Waals surface area (Å²) in [4.78, 5) is 14.9. The fourth-order valence-electron chi connectivity index (χ4n) is 3.57. The van der Waals surface area contributed by atoms with Crippen molar-refractivity contribution in [1.29, 1.82) is 0 Å². The van der Waals surface area contributed by atoms with Gasteiger partial charge in [-0.05, 0) is 63.4 Å². The van der Waals surface area contributed by atoms with Crippen LogP contribution in [0.25, 0.3) is 0 Å². The van der Waals surface area contributed by atoms with E-state index in [1.807, 2.05) is 30.0 Å². The predicted octanol–water partition coefficient (Wildman–Crippen LogP) is 3.92. The molecule has 1 unspecified atom stereocenters. The number of amides is 1. The minimum absolute atomic E-state index is 0.0954. The van der Waals surface area contributed by atoms with Gasteiger partial charge in [0.15, 0.2) is 0 Å². The number of hydrogen-bond donors (Lipinski definition) is 0. The zero-order valence-electron chi connectivity index (χ0n) is 15.8. The van der Waals surface area contributed by atoms with E-state index in [-0.39, 0.29) is 16.8 Å². The summed E-state index contributed by atoms with van der Waals surface area (Å²) in [6.07, 6.45) is 3.11. The quantitative estimate of drug-likeness (QED) is 0.783. The van der Waals surface area contributed by atoms with Gasteiger partial charge in [0, 0.05) is 24.7 Å². The van der Waals surface area contributed by atoms with Gasteiger partial charge in [-0.15, -0.1) is 0 Å². The zero-order valence-corrected chi connectivity index (χ0v) is 16.7. The molecule has 0 aliphatic carbocycles. The highest BCUT2D eigenvalue weighted by Crippen LogP contribution is 2.25.